The molecule has 22 heavy (non-hydrogen) atoms. The first kappa shape index (κ1) is 18.3. The molecule has 0 saturated heterocycles. The van der Waals surface area contributed by atoms with Crippen LogP contribution in [0.3, 0.4) is 0 Å². The lowest BCUT2D eigenvalue weighted by molar-refractivity contribution is -0.137. The van der Waals surface area contributed by atoms with E-state index in [9.17, 15) is 14.7 Å². The second kappa shape index (κ2) is 10.0. The van der Waals surface area contributed by atoms with E-state index in [0.29, 0.717) is 12.0 Å². The van der Waals surface area contributed by atoms with Gasteiger partial charge in [0.15, 0.2) is 0 Å². The average Bonchev–Trinajstić information content (AvgIpc) is 2.73. The summed E-state index contributed by atoms with van der Waals surface area (Å²) in [7, 11) is 0. The van der Waals surface area contributed by atoms with E-state index in [4.69, 9.17) is 9.47 Å². The van der Waals surface area contributed by atoms with E-state index < -0.39 is 11.9 Å². The molecule has 0 aromatic carbocycles. The summed E-state index contributed by atoms with van der Waals surface area (Å²) in [5.41, 5.74) is 0.409. The Morgan fingerprint density at radius 3 is 2.41 bits per heavy atom. The minimum Gasteiger partial charge on any atom is -0.502 e. The van der Waals surface area contributed by atoms with Crippen molar-refractivity contribution >= 4 is 11.9 Å². The number of rotatable bonds is 10. The fourth-order valence-corrected chi connectivity index (χ4v) is 2.36. The SMILES string of the molecule is CCCCCCCCCC1=C(O)C(=O)O/C1=C\C(=O)OCC. The number of esters is 2. The minimum absolute atomic E-state index is 0.118. The van der Waals surface area contributed by atoms with Crippen molar-refractivity contribution in [2.24, 2.45) is 0 Å². The van der Waals surface area contributed by atoms with Crippen LogP contribution in [-0.4, -0.2) is 23.7 Å². The van der Waals surface area contributed by atoms with Gasteiger partial charge in [-0.15, -0.1) is 0 Å². The molecule has 1 rings (SSSR count). The molecule has 1 aliphatic heterocycles. The highest BCUT2D eigenvalue weighted by molar-refractivity contribution is 5.94. The summed E-state index contributed by atoms with van der Waals surface area (Å²) in [6.45, 7) is 4.13. The Labute approximate surface area is 132 Å². The highest BCUT2D eigenvalue weighted by Gasteiger charge is 2.29. The number of hydrogen-bond acceptors (Lipinski definition) is 5. The highest BCUT2D eigenvalue weighted by Crippen LogP contribution is 2.29. The Morgan fingerprint density at radius 1 is 1.14 bits per heavy atom. The first-order valence-electron chi connectivity index (χ1n) is 8.13. The largest absolute Gasteiger partial charge is 0.502 e. The molecule has 0 bridgehead atoms. The molecule has 0 aliphatic carbocycles. The normalized spacial score (nSPS) is 16.3. The molecule has 0 unspecified atom stereocenters. The van der Waals surface area contributed by atoms with E-state index in [1.165, 1.54) is 25.7 Å². The van der Waals surface area contributed by atoms with Gasteiger partial charge in [0.1, 0.15) is 5.76 Å². The predicted octanol–water partition coefficient (Wildman–Crippen LogP) is 3.94. The van der Waals surface area contributed by atoms with Crippen LogP contribution in [0.25, 0.3) is 0 Å². The quantitative estimate of drug-likeness (QED) is 0.376. The van der Waals surface area contributed by atoms with Crippen LogP contribution in [0.15, 0.2) is 23.2 Å². The van der Waals surface area contributed by atoms with Crippen molar-refractivity contribution < 1.29 is 24.2 Å². The fraction of sp³-hybridized carbons (Fsp3) is 0.647. The van der Waals surface area contributed by atoms with Gasteiger partial charge in [0.05, 0.1) is 12.7 Å². The number of carbonyl (C=O) groups excluding carboxylic acids is 2. The van der Waals surface area contributed by atoms with Gasteiger partial charge in [-0.2, -0.15) is 0 Å². The number of ether oxygens (including phenoxy) is 2. The van der Waals surface area contributed by atoms with Gasteiger partial charge in [-0.3, -0.25) is 0 Å². The Bertz CT molecular complexity index is 448. The number of hydrogen-bond donors (Lipinski definition) is 1. The average molecular weight is 310 g/mol. The summed E-state index contributed by atoms with van der Waals surface area (Å²) in [5.74, 6) is -1.64. The number of carbonyl (C=O) groups is 2. The van der Waals surface area contributed by atoms with Gasteiger partial charge in [0, 0.05) is 5.57 Å². The summed E-state index contributed by atoms with van der Waals surface area (Å²) in [6, 6.07) is 0. The number of cyclic esters (lactones) is 1. The number of unbranched alkanes of at least 4 members (excludes halogenated alkanes) is 6. The lowest BCUT2D eigenvalue weighted by Crippen LogP contribution is -2.03. The number of aliphatic hydroxyl groups is 1. The van der Waals surface area contributed by atoms with Crippen molar-refractivity contribution in [1.29, 1.82) is 0 Å². The van der Waals surface area contributed by atoms with Crippen LogP contribution in [0.4, 0.5) is 0 Å². The minimum atomic E-state index is -0.798. The maximum absolute atomic E-state index is 11.4. The molecule has 0 spiro atoms. The zero-order valence-corrected chi connectivity index (χ0v) is 13.5. The zero-order chi connectivity index (χ0) is 16.4. The second-order valence-corrected chi connectivity index (χ2v) is 5.35. The molecular weight excluding hydrogens is 284 g/mol. The summed E-state index contributed by atoms with van der Waals surface area (Å²) in [5, 5.41) is 9.76. The van der Waals surface area contributed by atoms with Crippen LogP contribution < -0.4 is 0 Å². The van der Waals surface area contributed by atoms with Crippen molar-refractivity contribution in [3.05, 3.63) is 23.2 Å². The molecule has 1 heterocycles. The van der Waals surface area contributed by atoms with Crippen molar-refractivity contribution in [2.45, 2.75) is 65.2 Å². The molecule has 124 valence electrons. The van der Waals surface area contributed by atoms with Crippen LogP contribution in [0.2, 0.25) is 0 Å². The molecule has 0 radical (unpaired) electrons. The van der Waals surface area contributed by atoms with E-state index in [-0.39, 0.29) is 18.1 Å². The van der Waals surface area contributed by atoms with Gasteiger partial charge in [-0.1, -0.05) is 45.4 Å². The van der Waals surface area contributed by atoms with Crippen molar-refractivity contribution in [2.75, 3.05) is 6.61 Å². The van der Waals surface area contributed by atoms with Crippen LogP contribution in [0.1, 0.15) is 65.2 Å². The molecule has 1 aliphatic rings. The molecule has 0 aromatic heterocycles. The van der Waals surface area contributed by atoms with Crippen LogP contribution in [0.5, 0.6) is 0 Å². The monoisotopic (exact) mass is 310 g/mol. The van der Waals surface area contributed by atoms with Crippen molar-refractivity contribution in [3.8, 4) is 0 Å². The first-order valence-corrected chi connectivity index (χ1v) is 8.13. The van der Waals surface area contributed by atoms with Crippen LogP contribution >= 0.6 is 0 Å². The summed E-state index contributed by atoms with van der Waals surface area (Å²) < 4.78 is 9.70. The lowest BCUT2D eigenvalue weighted by Gasteiger charge is -2.04. The molecule has 0 fully saturated rings. The van der Waals surface area contributed by atoms with Crippen molar-refractivity contribution in [3.63, 3.8) is 0 Å². The van der Waals surface area contributed by atoms with Gasteiger partial charge in [0.2, 0.25) is 5.76 Å². The zero-order valence-electron chi connectivity index (χ0n) is 13.5. The Morgan fingerprint density at radius 2 is 1.77 bits per heavy atom. The maximum Gasteiger partial charge on any atom is 0.379 e. The summed E-state index contributed by atoms with van der Waals surface area (Å²) >= 11 is 0. The smallest absolute Gasteiger partial charge is 0.379 e. The van der Waals surface area contributed by atoms with Gasteiger partial charge in [0.25, 0.3) is 0 Å². The third-order valence-corrected chi connectivity index (χ3v) is 3.55. The molecule has 0 saturated carbocycles. The third kappa shape index (κ3) is 5.92. The molecule has 5 nitrogen and oxygen atoms in total. The molecule has 0 aromatic rings. The van der Waals surface area contributed by atoms with Crippen LogP contribution in [0, 0.1) is 0 Å². The van der Waals surface area contributed by atoms with E-state index >= 15 is 0 Å². The Kier molecular flexibility index (Phi) is 8.33. The van der Waals surface area contributed by atoms with Gasteiger partial charge < -0.3 is 14.6 Å². The molecule has 0 amide bonds. The molecule has 0 atom stereocenters. The lowest BCUT2D eigenvalue weighted by atomic mass is 10.0. The maximum atomic E-state index is 11.4. The van der Waals surface area contributed by atoms with E-state index in [1.54, 1.807) is 6.92 Å². The second-order valence-electron chi connectivity index (χ2n) is 5.35. The van der Waals surface area contributed by atoms with E-state index in [1.807, 2.05) is 0 Å². The van der Waals surface area contributed by atoms with Gasteiger partial charge in [-0.25, -0.2) is 9.59 Å². The van der Waals surface area contributed by atoms with E-state index in [2.05, 4.69) is 6.92 Å². The van der Waals surface area contributed by atoms with Gasteiger partial charge in [-0.05, 0) is 19.8 Å². The molecule has 5 heteroatoms. The van der Waals surface area contributed by atoms with E-state index in [0.717, 1.165) is 25.3 Å². The Hall–Kier alpha value is -1.78. The summed E-state index contributed by atoms with van der Waals surface area (Å²) in [6.07, 6.45) is 9.62. The number of aliphatic hydroxyl groups excluding tert-OH is 1. The topological polar surface area (TPSA) is 72.8 Å². The number of allylic oxidation sites excluding steroid dienone is 1. The molecular formula is C17H26O5. The van der Waals surface area contributed by atoms with Gasteiger partial charge >= 0.3 is 11.9 Å². The highest BCUT2D eigenvalue weighted by atomic mass is 16.6. The predicted molar refractivity (Wildman–Crippen MR) is 83.1 cm³/mol. The fourth-order valence-electron chi connectivity index (χ4n) is 2.36. The standard InChI is InChI=1S/C17H26O5/c1-3-5-6-7-8-9-10-11-13-14(12-15(18)21-4-2)22-17(20)16(13)19/h12,19H,3-11H2,1-2H3/b14-12-. The third-order valence-electron chi connectivity index (χ3n) is 3.55. The Balaban J connectivity index is 2.47. The summed E-state index contributed by atoms with van der Waals surface area (Å²) in [4.78, 5) is 22.9. The van der Waals surface area contributed by atoms with Crippen molar-refractivity contribution in [1.82, 2.24) is 0 Å². The van der Waals surface area contributed by atoms with Crippen LogP contribution in [-0.2, 0) is 19.1 Å². The first-order chi connectivity index (χ1) is 10.6. The molecule has 1 N–H and O–H groups in total.